The fourth-order valence-corrected chi connectivity index (χ4v) is 2.58. The average molecular weight is 246 g/mol. The Hall–Kier alpha value is -1.61. The second-order valence-electron chi connectivity index (χ2n) is 3.74. The van der Waals surface area contributed by atoms with Crippen molar-refractivity contribution in [1.82, 2.24) is 0 Å². The minimum atomic E-state index is 0.274. The number of phenols is 2. The van der Waals surface area contributed by atoms with Crippen molar-refractivity contribution in [3.63, 3.8) is 0 Å². The molecule has 0 radical (unpaired) electrons. The van der Waals surface area contributed by atoms with E-state index < -0.39 is 0 Å². The summed E-state index contributed by atoms with van der Waals surface area (Å²) in [6, 6.07) is 12.5. The Labute approximate surface area is 105 Å². The number of phenolic OH excluding ortho intramolecular Hbond substituents is 2. The van der Waals surface area contributed by atoms with E-state index in [2.05, 4.69) is 6.92 Å². The molecule has 3 heteroatoms. The van der Waals surface area contributed by atoms with Gasteiger partial charge in [-0.25, -0.2) is 0 Å². The molecule has 0 amide bonds. The van der Waals surface area contributed by atoms with Crippen molar-refractivity contribution in [3.05, 3.63) is 48.0 Å². The summed E-state index contributed by atoms with van der Waals surface area (Å²) in [5.41, 5.74) is 1.13. The van der Waals surface area contributed by atoms with Crippen LogP contribution in [-0.2, 0) is 6.42 Å². The van der Waals surface area contributed by atoms with Crippen LogP contribution in [0, 0.1) is 0 Å². The van der Waals surface area contributed by atoms with Crippen LogP contribution in [-0.4, -0.2) is 10.2 Å². The van der Waals surface area contributed by atoms with Crippen LogP contribution in [0.15, 0.2) is 52.3 Å². The molecule has 2 rings (SSSR count). The van der Waals surface area contributed by atoms with Gasteiger partial charge in [0.15, 0.2) is 0 Å². The molecule has 2 N–H and O–H groups in total. The normalized spacial score (nSPS) is 10.4. The van der Waals surface area contributed by atoms with E-state index in [9.17, 15) is 10.2 Å². The van der Waals surface area contributed by atoms with Crippen LogP contribution < -0.4 is 0 Å². The lowest BCUT2D eigenvalue weighted by Crippen LogP contribution is -1.84. The molecular weight excluding hydrogens is 232 g/mol. The summed E-state index contributed by atoms with van der Waals surface area (Å²) in [5.74, 6) is 0.577. The minimum Gasteiger partial charge on any atom is -0.508 e. The molecule has 0 fully saturated rings. The van der Waals surface area contributed by atoms with E-state index in [1.165, 1.54) is 0 Å². The highest BCUT2D eigenvalue weighted by atomic mass is 32.2. The van der Waals surface area contributed by atoms with Crippen LogP contribution in [0.3, 0.4) is 0 Å². The SMILES string of the molecule is CCc1cc(O)ccc1Sc1ccc(O)cc1. The van der Waals surface area contributed by atoms with E-state index in [0.29, 0.717) is 5.75 Å². The maximum absolute atomic E-state index is 9.43. The van der Waals surface area contributed by atoms with Gasteiger partial charge in [-0.1, -0.05) is 18.7 Å². The molecule has 88 valence electrons. The lowest BCUT2D eigenvalue weighted by Gasteiger charge is -2.08. The van der Waals surface area contributed by atoms with E-state index in [0.717, 1.165) is 21.8 Å². The Morgan fingerprint density at radius 3 is 2.24 bits per heavy atom. The highest BCUT2D eigenvalue weighted by Crippen LogP contribution is 2.33. The molecule has 0 aliphatic carbocycles. The van der Waals surface area contributed by atoms with Crippen LogP contribution in [0.5, 0.6) is 11.5 Å². The van der Waals surface area contributed by atoms with E-state index >= 15 is 0 Å². The summed E-state index contributed by atoms with van der Waals surface area (Å²) in [4.78, 5) is 2.21. The van der Waals surface area contributed by atoms with Gasteiger partial charge in [-0.2, -0.15) is 0 Å². The minimum absolute atomic E-state index is 0.274. The van der Waals surface area contributed by atoms with Gasteiger partial charge < -0.3 is 10.2 Å². The van der Waals surface area contributed by atoms with E-state index in [4.69, 9.17) is 0 Å². The van der Waals surface area contributed by atoms with Gasteiger partial charge in [0.05, 0.1) is 0 Å². The predicted molar refractivity (Wildman–Crippen MR) is 69.7 cm³/mol. The first-order valence-electron chi connectivity index (χ1n) is 5.48. The summed E-state index contributed by atoms with van der Waals surface area (Å²) < 4.78 is 0. The first-order chi connectivity index (χ1) is 8.19. The molecule has 0 aliphatic rings. The van der Waals surface area contributed by atoms with Gasteiger partial charge in [-0.05, 0) is 54.4 Å². The van der Waals surface area contributed by atoms with E-state index in [1.54, 1.807) is 36.0 Å². The second-order valence-corrected chi connectivity index (χ2v) is 4.86. The van der Waals surface area contributed by atoms with Crippen molar-refractivity contribution in [2.45, 2.75) is 23.1 Å². The van der Waals surface area contributed by atoms with Gasteiger partial charge in [-0.15, -0.1) is 0 Å². The number of hydrogen-bond acceptors (Lipinski definition) is 3. The molecule has 2 aromatic rings. The molecule has 0 saturated heterocycles. The molecule has 0 saturated carbocycles. The molecule has 2 aromatic carbocycles. The van der Waals surface area contributed by atoms with Crippen molar-refractivity contribution in [3.8, 4) is 11.5 Å². The van der Waals surface area contributed by atoms with Crippen molar-refractivity contribution in [2.75, 3.05) is 0 Å². The zero-order chi connectivity index (χ0) is 12.3. The fourth-order valence-electron chi connectivity index (χ4n) is 1.58. The van der Waals surface area contributed by atoms with E-state index in [1.807, 2.05) is 18.2 Å². The Kier molecular flexibility index (Phi) is 3.59. The Balaban J connectivity index is 2.26. The first kappa shape index (κ1) is 11.9. The van der Waals surface area contributed by atoms with Crippen molar-refractivity contribution in [2.24, 2.45) is 0 Å². The average Bonchev–Trinajstić information content (AvgIpc) is 2.34. The van der Waals surface area contributed by atoms with Gasteiger partial charge in [0, 0.05) is 9.79 Å². The molecule has 0 atom stereocenters. The maximum Gasteiger partial charge on any atom is 0.115 e. The monoisotopic (exact) mass is 246 g/mol. The zero-order valence-electron chi connectivity index (χ0n) is 9.55. The number of aryl methyl sites for hydroxylation is 1. The molecule has 0 heterocycles. The quantitative estimate of drug-likeness (QED) is 0.865. The van der Waals surface area contributed by atoms with Crippen LogP contribution in [0.2, 0.25) is 0 Å². The van der Waals surface area contributed by atoms with Crippen LogP contribution in [0.25, 0.3) is 0 Å². The van der Waals surface area contributed by atoms with Crippen LogP contribution in [0.4, 0.5) is 0 Å². The van der Waals surface area contributed by atoms with Gasteiger partial charge in [0.25, 0.3) is 0 Å². The van der Waals surface area contributed by atoms with Crippen molar-refractivity contribution < 1.29 is 10.2 Å². The standard InChI is InChI=1S/C14H14O2S/c1-2-10-9-12(16)5-8-14(10)17-13-6-3-11(15)4-7-13/h3-9,15-16H,2H2,1H3. The molecule has 0 bridgehead atoms. The number of benzene rings is 2. The third-order valence-electron chi connectivity index (χ3n) is 2.49. The van der Waals surface area contributed by atoms with E-state index in [-0.39, 0.29) is 5.75 Å². The summed E-state index contributed by atoms with van der Waals surface area (Å²) in [5, 5.41) is 18.6. The van der Waals surface area contributed by atoms with Gasteiger partial charge in [-0.3, -0.25) is 0 Å². The first-order valence-corrected chi connectivity index (χ1v) is 6.29. The largest absolute Gasteiger partial charge is 0.508 e. The Morgan fingerprint density at radius 2 is 1.59 bits per heavy atom. The van der Waals surface area contributed by atoms with Gasteiger partial charge in [0.1, 0.15) is 11.5 Å². The van der Waals surface area contributed by atoms with Gasteiger partial charge >= 0.3 is 0 Å². The Bertz CT molecular complexity index is 506. The third-order valence-corrected chi connectivity index (χ3v) is 3.62. The second kappa shape index (κ2) is 5.15. The number of rotatable bonds is 3. The predicted octanol–water partition coefficient (Wildman–Crippen LogP) is 3.81. The number of hydrogen-bond donors (Lipinski definition) is 2. The molecule has 2 nitrogen and oxygen atoms in total. The molecule has 0 spiro atoms. The maximum atomic E-state index is 9.43. The van der Waals surface area contributed by atoms with Crippen LogP contribution >= 0.6 is 11.8 Å². The summed E-state index contributed by atoms with van der Waals surface area (Å²) in [7, 11) is 0. The highest BCUT2D eigenvalue weighted by molar-refractivity contribution is 7.99. The summed E-state index contributed by atoms with van der Waals surface area (Å²) in [6.45, 7) is 2.07. The van der Waals surface area contributed by atoms with Crippen molar-refractivity contribution >= 4 is 11.8 Å². The molecule has 0 aromatic heterocycles. The zero-order valence-corrected chi connectivity index (χ0v) is 10.4. The third kappa shape index (κ3) is 2.94. The number of aromatic hydroxyl groups is 2. The highest BCUT2D eigenvalue weighted by Gasteiger charge is 2.04. The Morgan fingerprint density at radius 1 is 0.941 bits per heavy atom. The lowest BCUT2D eigenvalue weighted by atomic mass is 10.2. The summed E-state index contributed by atoms with van der Waals surface area (Å²) in [6.07, 6.45) is 0.884. The summed E-state index contributed by atoms with van der Waals surface area (Å²) >= 11 is 1.63. The molecule has 0 unspecified atom stereocenters. The van der Waals surface area contributed by atoms with Crippen LogP contribution in [0.1, 0.15) is 12.5 Å². The smallest absolute Gasteiger partial charge is 0.115 e. The molecule has 17 heavy (non-hydrogen) atoms. The van der Waals surface area contributed by atoms with Crippen molar-refractivity contribution in [1.29, 1.82) is 0 Å². The lowest BCUT2D eigenvalue weighted by molar-refractivity contribution is 0.474. The molecular formula is C14H14O2S. The topological polar surface area (TPSA) is 40.5 Å². The fraction of sp³-hybridized carbons (Fsp3) is 0.143. The van der Waals surface area contributed by atoms with Gasteiger partial charge in [0.2, 0.25) is 0 Å². The molecule has 0 aliphatic heterocycles.